The number of allylic oxidation sites excluding steroid dienone is 1. The number of benzene rings is 2. The molecule has 0 aliphatic heterocycles. The molecule has 0 N–H and O–H groups in total. The van der Waals surface area contributed by atoms with E-state index in [1.54, 1.807) is 7.11 Å². The smallest absolute Gasteiger partial charge is 0.470 e. The maximum atomic E-state index is 12.8. The Morgan fingerprint density at radius 3 is 1.96 bits per heavy atom. The molecular weight excluding hydrogens is 340 g/mol. The van der Waals surface area contributed by atoms with Gasteiger partial charge < -0.3 is 8.85 Å². The van der Waals surface area contributed by atoms with Crippen LogP contribution in [0.15, 0.2) is 72.3 Å². The van der Waals surface area contributed by atoms with Crippen LogP contribution in [0.1, 0.15) is 39.5 Å². The highest BCUT2D eigenvalue weighted by molar-refractivity contribution is 6.93. The van der Waals surface area contributed by atoms with E-state index in [2.05, 4.69) is 6.92 Å². The zero-order valence-corrected chi connectivity index (χ0v) is 16.9. The van der Waals surface area contributed by atoms with Crippen molar-refractivity contribution < 1.29 is 13.6 Å². The van der Waals surface area contributed by atoms with Crippen molar-refractivity contribution in [3.63, 3.8) is 0 Å². The fourth-order valence-corrected chi connectivity index (χ4v) is 5.69. The van der Waals surface area contributed by atoms with Crippen molar-refractivity contribution in [1.82, 2.24) is 0 Å². The summed E-state index contributed by atoms with van der Waals surface area (Å²) in [6.07, 6.45) is 6.30. The summed E-state index contributed by atoms with van der Waals surface area (Å²) in [5, 5.41) is 1.83. The lowest BCUT2D eigenvalue weighted by molar-refractivity contribution is -0.131. The van der Waals surface area contributed by atoms with Gasteiger partial charge in [0.2, 0.25) is 0 Å². The van der Waals surface area contributed by atoms with E-state index in [0.717, 1.165) is 23.2 Å². The minimum Gasteiger partial charge on any atom is -0.484 e. The van der Waals surface area contributed by atoms with Gasteiger partial charge in [-0.15, -0.1) is 0 Å². The van der Waals surface area contributed by atoms with E-state index in [1.165, 1.54) is 12.8 Å². The van der Waals surface area contributed by atoms with Gasteiger partial charge in [-0.05, 0) is 19.8 Å². The lowest BCUT2D eigenvalue weighted by atomic mass is 10.1. The Balaban J connectivity index is 2.32. The maximum absolute atomic E-state index is 12.8. The average Bonchev–Trinajstić information content (AvgIpc) is 2.70. The maximum Gasteiger partial charge on any atom is 0.470 e. The van der Waals surface area contributed by atoms with E-state index in [-0.39, 0.29) is 5.97 Å². The summed E-state index contributed by atoms with van der Waals surface area (Å²) < 4.78 is 12.0. The van der Waals surface area contributed by atoms with Crippen molar-refractivity contribution in [3.8, 4) is 0 Å². The molecule has 0 heterocycles. The van der Waals surface area contributed by atoms with Crippen molar-refractivity contribution in [3.05, 3.63) is 72.3 Å². The standard InChI is InChI=1S/C22H28O3Si/c1-4-5-6-9-14-19(2)22(23)25-26(24-3,20-15-10-7-11-16-20)21-17-12-8-13-18-21/h7-8,10-18H,4-6,9H2,1-3H3. The SMILES string of the molecule is CCCCCC=C(C)C(=O)O[Si](OC)(c1ccccc1)c1ccccc1. The molecule has 2 rings (SSSR count). The van der Waals surface area contributed by atoms with E-state index in [1.807, 2.05) is 73.7 Å². The fourth-order valence-electron chi connectivity index (χ4n) is 2.88. The molecule has 0 aromatic heterocycles. The molecule has 0 saturated carbocycles. The minimum atomic E-state index is -3.09. The third kappa shape index (κ3) is 4.93. The van der Waals surface area contributed by atoms with Crippen LogP contribution in [0.25, 0.3) is 0 Å². The molecule has 0 atom stereocenters. The summed E-state index contributed by atoms with van der Waals surface area (Å²) >= 11 is 0. The predicted molar refractivity (Wildman–Crippen MR) is 109 cm³/mol. The molecule has 0 saturated heterocycles. The van der Waals surface area contributed by atoms with Gasteiger partial charge in [-0.25, -0.2) is 4.79 Å². The number of carbonyl (C=O) groups is 1. The Morgan fingerprint density at radius 1 is 0.962 bits per heavy atom. The minimum absolute atomic E-state index is 0.303. The molecule has 2 aromatic rings. The number of carbonyl (C=O) groups excluding carboxylic acids is 1. The Labute approximate surface area is 157 Å². The number of hydrogen-bond acceptors (Lipinski definition) is 3. The van der Waals surface area contributed by atoms with Crippen molar-refractivity contribution in [2.45, 2.75) is 39.5 Å². The first-order valence-electron chi connectivity index (χ1n) is 9.20. The normalized spacial score (nSPS) is 12.0. The van der Waals surface area contributed by atoms with Crippen LogP contribution in [0, 0.1) is 0 Å². The van der Waals surface area contributed by atoms with E-state index in [9.17, 15) is 4.79 Å². The highest BCUT2D eigenvalue weighted by atomic mass is 28.4. The zero-order chi connectivity index (χ0) is 18.8. The van der Waals surface area contributed by atoms with E-state index < -0.39 is 8.56 Å². The number of hydrogen-bond donors (Lipinski definition) is 0. The first-order valence-corrected chi connectivity index (χ1v) is 11.0. The van der Waals surface area contributed by atoms with Gasteiger partial charge in [0.1, 0.15) is 0 Å². The van der Waals surface area contributed by atoms with Crippen molar-refractivity contribution >= 4 is 24.9 Å². The summed E-state index contributed by atoms with van der Waals surface area (Å²) in [4.78, 5) is 12.8. The van der Waals surface area contributed by atoms with Crippen molar-refractivity contribution in [2.24, 2.45) is 0 Å². The van der Waals surface area contributed by atoms with Crippen LogP contribution < -0.4 is 10.4 Å². The molecule has 0 amide bonds. The second kappa shape index (κ2) is 10.1. The van der Waals surface area contributed by atoms with Crippen molar-refractivity contribution in [2.75, 3.05) is 7.11 Å². The summed E-state index contributed by atoms with van der Waals surface area (Å²) in [7, 11) is -1.47. The molecule has 3 nitrogen and oxygen atoms in total. The fraction of sp³-hybridized carbons (Fsp3) is 0.318. The lowest BCUT2D eigenvalue weighted by Crippen LogP contribution is -2.63. The lowest BCUT2D eigenvalue weighted by Gasteiger charge is -2.29. The van der Waals surface area contributed by atoms with Gasteiger partial charge in [0.05, 0.1) is 0 Å². The molecular formula is C22H28O3Si. The summed E-state index contributed by atoms with van der Waals surface area (Å²) in [6, 6.07) is 19.6. The summed E-state index contributed by atoms with van der Waals surface area (Å²) in [6.45, 7) is 3.99. The third-order valence-corrected chi connectivity index (χ3v) is 7.65. The molecule has 0 aliphatic carbocycles. The predicted octanol–water partition coefficient (Wildman–Crippen LogP) is 3.96. The molecule has 138 valence electrons. The highest BCUT2D eigenvalue weighted by Crippen LogP contribution is 2.13. The molecule has 0 unspecified atom stereocenters. The third-order valence-electron chi connectivity index (χ3n) is 4.41. The first-order chi connectivity index (χ1) is 12.6. The van der Waals surface area contributed by atoms with Crippen LogP contribution >= 0.6 is 0 Å². The van der Waals surface area contributed by atoms with Gasteiger partial charge in [-0.3, -0.25) is 0 Å². The van der Waals surface area contributed by atoms with Gasteiger partial charge in [-0.2, -0.15) is 0 Å². The zero-order valence-electron chi connectivity index (χ0n) is 15.9. The van der Waals surface area contributed by atoms with E-state index >= 15 is 0 Å². The van der Waals surface area contributed by atoms with Crippen LogP contribution in [-0.4, -0.2) is 21.6 Å². The number of rotatable bonds is 9. The van der Waals surface area contributed by atoms with Gasteiger partial charge in [-0.1, -0.05) is 86.5 Å². The van der Waals surface area contributed by atoms with Gasteiger partial charge in [0.15, 0.2) is 0 Å². The largest absolute Gasteiger partial charge is 0.484 e. The first kappa shape index (κ1) is 20.1. The second-order valence-corrected chi connectivity index (χ2v) is 9.33. The molecule has 0 radical (unpaired) electrons. The van der Waals surface area contributed by atoms with Crippen LogP contribution in [-0.2, 0) is 13.6 Å². The van der Waals surface area contributed by atoms with Crippen LogP contribution in [0.4, 0.5) is 0 Å². The van der Waals surface area contributed by atoms with Crippen molar-refractivity contribution in [1.29, 1.82) is 0 Å². The summed E-state index contributed by atoms with van der Waals surface area (Å²) in [5.41, 5.74) is 0.641. The Hall–Kier alpha value is -2.17. The van der Waals surface area contributed by atoms with Crippen LogP contribution in [0.3, 0.4) is 0 Å². The molecule has 0 aliphatic rings. The Morgan fingerprint density at radius 2 is 1.50 bits per heavy atom. The monoisotopic (exact) mass is 368 g/mol. The second-order valence-electron chi connectivity index (χ2n) is 6.33. The molecule has 0 spiro atoms. The summed E-state index contributed by atoms with van der Waals surface area (Å²) in [5.74, 6) is -0.303. The van der Waals surface area contributed by atoms with Crippen LogP contribution in [0.2, 0.25) is 0 Å². The molecule has 0 bridgehead atoms. The van der Waals surface area contributed by atoms with Crippen LogP contribution in [0.5, 0.6) is 0 Å². The molecule has 26 heavy (non-hydrogen) atoms. The van der Waals surface area contributed by atoms with E-state index in [4.69, 9.17) is 8.85 Å². The van der Waals surface area contributed by atoms with Gasteiger partial charge in [0, 0.05) is 23.1 Å². The highest BCUT2D eigenvalue weighted by Gasteiger charge is 2.45. The molecule has 2 aromatic carbocycles. The number of unbranched alkanes of at least 4 members (excludes halogenated alkanes) is 3. The topological polar surface area (TPSA) is 35.5 Å². The van der Waals surface area contributed by atoms with Gasteiger partial charge >= 0.3 is 14.5 Å². The Bertz CT molecular complexity index is 671. The molecule has 0 fully saturated rings. The quantitative estimate of drug-likeness (QED) is 0.382. The van der Waals surface area contributed by atoms with Gasteiger partial charge in [0.25, 0.3) is 0 Å². The molecule has 4 heteroatoms. The Kier molecular flexibility index (Phi) is 7.82. The van der Waals surface area contributed by atoms with E-state index in [0.29, 0.717) is 5.57 Å². The average molecular weight is 369 g/mol.